The number of nitrogens with one attached hydrogen (secondary N) is 1. The fourth-order valence-electron chi connectivity index (χ4n) is 2.25. The van der Waals surface area contributed by atoms with Gasteiger partial charge >= 0.3 is 0 Å². The van der Waals surface area contributed by atoms with Gasteiger partial charge in [-0.15, -0.1) is 11.8 Å². The summed E-state index contributed by atoms with van der Waals surface area (Å²) in [4.78, 5) is 13.0. The third-order valence-electron chi connectivity index (χ3n) is 3.30. The largest absolute Gasteiger partial charge is 0.392 e. The van der Waals surface area contributed by atoms with Gasteiger partial charge in [0, 0.05) is 22.2 Å². The van der Waals surface area contributed by atoms with E-state index in [9.17, 15) is 9.90 Å². The molecule has 1 fully saturated rings. The molecule has 1 saturated carbocycles. The van der Waals surface area contributed by atoms with Crippen LogP contribution in [0.1, 0.15) is 19.3 Å². The van der Waals surface area contributed by atoms with Crippen LogP contribution in [0.3, 0.4) is 0 Å². The van der Waals surface area contributed by atoms with Crippen molar-refractivity contribution in [2.75, 3.05) is 12.3 Å². The minimum atomic E-state index is -0.455. The minimum Gasteiger partial charge on any atom is -0.392 e. The van der Waals surface area contributed by atoms with Crippen molar-refractivity contribution in [3.05, 3.63) is 29.3 Å². The van der Waals surface area contributed by atoms with Crippen molar-refractivity contribution in [2.45, 2.75) is 30.3 Å². The van der Waals surface area contributed by atoms with Gasteiger partial charge in [0.2, 0.25) is 5.91 Å². The fraction of sp³-hybridized carbons (Fsp3) is 0.500. The molecule has 0 heterocycles. The first kappa shape index (κ1) is 14.7. The Balaban J connectivity index is 1.66. The van der Waals surface area contributed by atoms with Crippen molar-refractivity contribution in [2.24, 2.45) is 5.92 Å². The van der Waals surface area contributed by atoms with E-state index in [2.05, 4.69) is 5.32 Å². The lowest BCUT2D eigenvalue weighted by molar-refractivity contribution is -0.127. The van der Waals surface area contributed by atoms with Crippen LogP contribution in [0.2, 0.25) is 5.02 Å². The van der Waals surface area contributed by atoms with Gasteiger partial charge in [0.15, 0.2) is 0 Å². The molecule has 1 aliphatic rings. The van der Waals surface area contributed by atoms with Crippen LogP contribution < -0.4 is 5.32 Å². The van der Waals surface area contributed by atoms with Crippen molar-refractivity contribution >= 4 is 29.3 Å². The lowest BCUT2D eigenvalue weighted by Crippen LogP contribution is -2.35. The van der Waals surface area contributed by atoms with Crippen molar-refractivity contribution in [1.29, 1.82) is 0 Å². The molecule has 104 valence electrons. The van der Waals surface area contributed by atoms with E-state index >= 15 is 0 Å². The maximum Gasteiger partial charge on any atom is 0.225 e. The highest BCUT2D eigenvalue weighted by Crippen LogP contribution is 2.25. The predicted octanol–water partition coefficient (Wildman–Crippen LogP) is 2.71. The summed E-state index contributed by atoms with van der Waals surface area (Å²) in [5, 5.41) is 13.3. The number of benzene rings is 1. The zero-order valence-corrected chi connectivity index (χ0v) is 12.2. The summed E-state index contributed by atoms with van der Waals surface area (Å²) in [6.07, 6.45) is 2.04. The van der Waals surface area contributed by atoms with Gasteiger partial charge in [0.25, 0.3) is 0 Å². The normalized spacial score (nSPS) is 22.4. The predicted molar refractivity (Wildman–Crippen MR) is 78.5 cm³/mol. The first-order chi connectivity index (χ1) is 9.16. The third kappa shape index (κ3) is 4.41. The Bertz CT molecular complexity index is 424. The number of aliphatic hydroxyl groups excluding tert-OH is 1. The molecule has 19 heavy (non-hydrogen) atoms. The van der Waals surface area contributed by atoms with E-state index < -0.39 is 6.10 Å². The SMILES string of the molecule is O=C(NCCSc1ccc(Cl)cc1)C1CCCC1O. The number of amides is 1. The monoisotopic (exact) mass is 299 g/mol. The van der Waals surface area contributed by atoms with Crippen LogP contribution >= 0.6 is 23.4 Å². The molecular weight excluding hydrogens is 282 g/mol. The van der Waals surface area contributed by atoms with E-state index in [1.54, 1.807) is 11.8 Å². The Labute approximate surface area is 122 Å². The molecular formula is C14H18ClNO2S. The molecule has 2 N–H and O–H groups in total. The van der Waals surface area contributed by atoms with Gasteiger partial charge in [0.1, 0.15) is 0 Å². The lowest BCUT2D eigenvalue weighted by atomic mass is 10.1. The van der Waals surface area contributed by atoms with E-state index in [-0.39, 0.29) is 11.8 Å². The van der Waals surface area contributed by atoms with Crippen molar-refractivity contribution in [3.63, 3.8) is 0 Å². The van der Waals surface area contributed by atoms with Gasteiger partial charge in [-0.3, -0.25) is 4.79 Å². The molecule has 2 unspecified atom stereocenters. The second kappa shape index (κ2) is 7.17. The Morgan fingerprint density at radius 2 is 2.11 bits per heavy atom. The summed E-state index contributed by atoms with van der Waals surface area (Å²) in [5.74, 6) is 0.596. The Morgan fingerprint density at radius 3 is 2.74 bits per heavy atom. The van der Waals surface area contributed by atoms with Crippen LogP contribution in [0.15, 0.2) is 29.2 Å². The van der Waals surface area contributed by atoms with Gasteiger partial charge in [0.05, 0.1) is 12.0 Å². The zero-order chi connectivity index (χ0) is 13.7. The molecule has 1 aromatic carbocycles. The fourth-order valence-corrected chi connectivity index (χ4v) is 3.15. The molecule has 2 rings (SSSR count). The molecule has 1 aliphatic carbocycles. The molecule has 0 aliphatic heterocycles. The minimum absolute atomic E-state index is 0.0123. The van der Waals surface area contributed by atoms with Gasteiger partial charge in [-0.2, -0.15) is 0 Å². The molecule has 2 atom stereocenters. The lowest BCUT2D eigenvalue weighted by Gasteiger charge is -2.14. The van der Waals surface area contributed by atoms with E-state index in [1.807, 2.05) is 24.3 Å². The number of thioether (sulfide) groups is 1. The maximum absolute atomic E-state index is 11.8. The quantitative estimate of drug-likeness (QED) is 0.649. The first-order valence-electron chi connectivity index (χ1n) is 6.51. The molecule has 0 radical (unpaired) electrons. The van der Waals surface area contributed by atoms with Gasteiger partial charge < -0.3 is 10.4 Å². The molecule has 0 saturated heterocycles. The molecule has 3 nitrogen and oxygen atoms in total. The van der Waals surface area contributed by atoms with Crippen LogP contribution in [0.4, 0.5) is 0 Å². The summed E-state index contributed by atoms with van der Waals surface area (Å²) in [7, 11) is 0. The number of halogens is 1. The summed E-state index contributed by atoms with van der Waals surface area (Å²) in [6.45, 7) is 0.620. The van der Waals surface area contributed by atoms with E-state index in [0.717, 1.165) is 34.9 Å². The van der Waals surface area contributed by atoms with Crippen LogP contribution in [0, 0.1) is 5.92 Å². The molecule has 0 aromatic heterocycles. The molecule has 1 aromatic rings. The number of hydrogen-bond donors (Lipinski definition) is 2. The van der Waals surface area contributed by atoms with E-state index in [4.69, 9.17) is 11.6 Å². The summed E-state index contributed by atoms with van der Waals surface area (Å²) < 4.78 is 0. The van der Waals surface area contributed by atoms with Gasteiger partial charge in [-0.05, 0) is 43.5 Å². The van der Waals surface area contributed by atoms with Gasteiger partial charge in [-0.25, -0.2) is 0 Å². The highest BCUT2D eigenvalue weighted by molar-refractivity contribution is 7.99. The third-order valence-corrected chi connectivity index (χ3v) is 4.57. The highest BCUT2D eigenvalue weighted by Gasteiger charge is 2.30. The van der Waals surface area contributed by atoms with Crippen LogP contribution in [-0.2, 0) is 4.79 Å². The second-order valence-corrected chi connectivity index (χ2v) is 6.30. The molecule has 0 spiro atoms. The summed E-state index contributed by atoms with van der Waals surface area (Å²) >= 11 is 7.49. The Hall–Kier alpha value is -0.710. The van der Waals surface area contributed by atoms with E-state index in [1.165, 1.54) is 0 Å². The van der Waals surface area contributed by atoms with Crippen LogP contribution in [-0.4, -0.2) is 29.4 Å². The number of hydrogen-bond acceptors (Lipinski definition) is 3. The Morgan fingerprint density at radius 1 is 1.37 bits per heavy atom. The number of carbonyl (C=O) groups excluding carboxylic acids is 1. The zero-order valence-electron chi connectivity index (χ0n) is 10.6. The Kier molecular flexibility index (Phi) is 5.55. The standard InChI is InChI=1S/C14H18ClNO2S/c15-10-4-6-11(7-5-10)19-9-8-16-14(18)12-2-1-3-13(12)17/h4-7,12-13,17H,1-3,8-9H2,(H,16,18). The molecule has 1 amide bonds. The average molecular weight is 300 g/mol. The molecule has 5 heteroatoms. The van der Waals surface area contributed by atoms with Crippen molar-refractivity contribution in [3.8, 4) is 0 Å². The first-order valence-corrected chi connectivity index (χ1v) is 7.87. The number of aliphatic hydroxyl groups is 1. The van der Waals surface area contributed by atoms with Crippen LogP contribution in [0.5, 0.6) is 0 Å². The smallest absolute Gasteiger partial charge is 0.225 e. The molecule has 0 bridgehead atoms. The number of rotatable bonds is 5. The topological polar surface area (TPSA) is 49.3 Å². The van der Waals surface area contributed by atoms with Gasteiger partial charge in [-0.1, -0.05) is 11.6 Å². The average Bonchev–Trinajstić information content (AvgIpc) is 2.83. The summed E-state index contributed by atoms with van der Waals surface area (Å²) in [5.41, 5.74) is 0. The van der Waals surface area contributed by atoms with Crippen LogP contribution in [0.25, 0.3) is 0 Å². The second-order valence-electron chi connectivity index (χ2n) is 4.70. The van der Waals surface area contributed by atoms with Crippen molar-refractivity contribution < 1.29 is 9.90 Å². The maximum atomic E-state index is 11.8. The summed E-state index contributed by atoms with van der Waals surface area (Å²) in [6, 6.07) is 7.65. The van der Waals surface area contributed by atoms with Crippen molar-refractivity contribution in [1.82, 2.24) is 5.32 Å². The number of carbonyl (C=O) groups is 1. The van der Waals surface area contributed by atoms with E-state index in [0.29, 0.717) is 6.54 Å². The highest BCUT2D eigenvalue weighted by atomic mass is 35.5.